The molecule has 35 heavy (non-hydrogen) atoms. The SMILES string of the molecule is CCC(C)NC(=O)C(C)N(Cc1cccc(Br)c1)C(=O)CCCN(c1ccc(C)cc1)S(C)(=O)=O. The second-order valence-corrected chi connectivity index (χ2v) is 11.7. The van der Waals surface area contributed by atoms with Crippen LogP contribution in [0.5, 0.6) is 0 Å². The summed E-state index contributed by atoms with van der Waals surface area (Å²) in [6.07, 6.45) is 2.40. The maximum absolute atomic E-state index is 13.3. The van der Waals surface area contributed by atoms with E-state index in [1.54, 1.807) is 24.0 Å². The molecule has 7 nitrogen and oxygen atoms in total. The largest absolute Gasteiger partial charge is 0.352 e. The number of carbonyl (C=O) groups is 2. The van der Waals surface area contributed by atoms with Gasteiger partial charge in [-0.05, 0) is 63.4 Å². The molecule has 0 spiro atoms. The minimum Gasteiger partial charge on any atom is -0.352 e. The number of benzene rings is 2. The number of hydrogen-bond donors (Lipinski definition) is 1. The van der Waals surface area contributed by atoms with E-state index in [0.29, 0.717) is 12.1 Å². The third kappa shape index (κ3) is 8.96. The molecular weight excluding hydrogens is 530 g/mol. The van der Waals surface area contributed by atoms with E-state index in [4.69, 9.17) is 0 Å². The molecule has 2 rings (SSSR count). The van der Waals surface area contributed by atoms with Crippen LogP contribution in [0.25, 0.3) is 0 Å². The predicted octanol–water partition coefficient (Wildman–Crippen LogP) is 4.64. The van der Waals surface area contributed by atoms with Crippen molar-refractivity contribution in [3.8, 4) is 0 Å². The molecule has 0 saturated heterocycles. The fourth-order valence-electron chi connectivity index (χ4n) is 3.60. The summed E-state index contributed by atoms with van der Waals surface area (Å²) in [6, 6.07) is 14.2. The van der Waals surface area contributed by atoms with Crippen molar-refractivity contribution < 1.29 is 18.0 Å². The van der Waals surface area contributed by atoms with Crippen molar-refractivity contribution in [3.05, 3.63) is 64.1 Å². The Hall–Kier alpha value is -2.39. The molecule has 192 valence electrons. The minimum atomic E-state index is -3.51. The van der Waals surface area contributed by atoms with Crippen LogP contribution >= 0.6 is 15.9 Å². The lowest BCUT2D eigenvalue weighted by Gasteiger charge is -2.30. The molecule has 0 fully saturated rings. The van der Waals surface area contributed by atoms with Crippen LogP contribution in [0, 0.1) is 6.92 Å². The van der Waals surface area contributed by atoms with Crippen molar-refractivity contribution in [2.75, 3.05) is 17.1 Å². The minimum absolute atomic E-state index is 0.00519. The van der Waals surface area contributed by atoms with Gasteiger partial charge in [0.25, 0.3) is 0 Å². The van der Waals surface area contributed by atoms with Crippen LogP contribution in [-0.4, -0.2) is 50.0 Å². The van der Waals surface area contributed by atoms with Crippen LogP contribution in [-0.2, 0) is 26.2 Å². The van der Waals surface area contributed by atoms with E-state index in [1.807, 2.05) is 57.2 Å². The summed E-state index contributed by atoms with van der Waals surface area (Å²) < 4.78 is 27.0. The van der Waals surface area contributed by atoms with Gasteiger partial charge >= 0.3 is 0 Å². The van der Waals surface area contributed by atoms with Gasteiger partial charge in [-0.15, -0.1) is 0 Å². The molecule has 0 radical (unpaired) electrons. The Morgan fingerprint density at radius 1 is 1.09 bits per heavy atom. The highest BCUT2D eigenvalue weighted by molar-refractivity contribution is 9.10. The molecule has 0 bridgehead atoms. The van der Waals surface area contributed by atoms with Gasteiger partial charge in [-0.25, -0.2) is 8.42 Å². The van der Waals surface area contributed by atoms with Crippen LogP contribution in [0.2, 0.25) is 0 Å². The van der Waals surface area contributed by atoms with Crippen molar-refractivity contribution in [2.45, 2.75) is 65.6 Å². The van der Waals surface area contributed by atoms with E-state index < -0.39 is 16.1 Å². The average Bonchev–Trinajstić information content (AvgIpc) is 2.79. The van der Waals surface area contributed by atoms with Gasteiger partial charge in [-0.2, -0.15) is 0 Å². The van der Waals surface area contributed by atoms with Gasteiger partial charge < -0.3 is 10.2 Å². The second-order valence-electron chi connectivity index (χ2n) is 8.92. The van der Waals surface area contributed by atoms with E-state index in [9.17, 15) is 18.0 Å². The highest BCUT2D eigenvalue weighted by Gasteiger charge is 2.27. The van der Waals surface area contributed by atoms with Gasteiger partial charge in [0.2, 0.25) is 21.8 Å². The molecular formula is C26H36BrN3O4S. The smallest absolute Gasteiger partial charge is 0.242 e. The lowest BCUT2D eigenvalue weighted by molar-refractivity contribution is -0.140. The molecule has 1 N–H and O–H groups in total. The molecule has 0 heterocycles. The van der Waals surface area contributed by atoms with Gasteiger partial charge in [-0.3, -0.25) is 13.9 Å². The van der Waals surface area contributed by atoms with Crippen molar-refractivity contribution in [1.82, 2.24) is 10.2 Å². The second kappa shape index (κ2) is 13.1. The third-order valence-corrected chi connectivity index (χ3v) is 7.57. The highest BCUT2D eigenvalue weighted by atomic mass is 79.9. The molecule has 0 saturated carbocycles. The number of halogens is 1. The van der Waals surface area contributed by atoms with E-state index in [0.717, 1.165) is 28.3 Å². The maximum Gasteiger partial charge on any atom is 0.242 e. The number of hydrogen-bond acceptors (Lipinski definition) is 4. The summed E-state index contributed by atoms with van der Waals surface area (Å²) in [6.45, 7) is 8.03. The molecule has 2 aromatic carbocycles. The fraction of sp³-hybridized carbons (Fsp3) is 0.462. The van der Waals surface area contributed by atoms with Crippen molar-refractivity contribution in [2.24, 2.45) is 0 Å². The molecule has 0 aromatic heterocycles. The zero-order chi connectivity index (χ0) is 26.2. The molecule has 2 aromatic rings. The molecule has 2 unspecified atom stereocenters. The number of nitrogens with one attached hydrogen (secondary N) is 1. The van der Waals surface area contributed by atoms with E-state index >= 15 is 0 Å². The summed E-state index contributed by atoms with van der Waals surface area (Å²) in [4.78, 5) is 27.7. The Morgan fingerprint density at radius 2 is 1.74 bits per heavy atom. The summed E-state index contributed by atoms with van der Waals surface area (Å²) in [5.74, 6) is -0.408. The average molecular weight is 567 g/mol. The monoisotopic (exact) mass is 565 g/mol. The maximum atomic E-state index is 13.3. The Balaban J connectivity index is 2.16. The van der Waals surface area contributed by atoms with Crippen molar-refractivity contribution in [3.63, 3.8) is 0 Å². The van der Waals surface area contributed by atoms with Crippen LogP contribution in [0.15, 0.2) is 53.0 Å². The summed E-state index contributed by atoms with van der Waals surface area (Å²) in [5, 5.41) is 2.95. The summed E-state index contributed by atoms with van der Waals surface area (Å²) in [5.41, 5.74) is 2.50. The fourth-order valence-corrected chi connectivity index (χ4v) is 5.01. The Bertz CT molecular complexity index is 1110. The number of amides is 2. The van der Waals surface area contributed by atoms with Crippen molar-refractivity contribution >= 4 is 43.5 Å². The highest BCUT2D eigenvalue weighted by Crippen LogP contribution is 2.20. The molecule has 0 aliphatic rings. The first kappa shape index (κ1) is 28.8. The number of rotatable bonds is 12. The molecule has 9 heteroatoms. The van der Waals surface area contributed by atoms with Gasteiger partial charge in [0.15, 0.2) is 0 Å². The van der Waals surface area contributed by atoms with Gasteiger partial charge in [0.05, 0.1) is 11.9 Å². The first-order valence-corrected chi connectivity index (χ1v) is 14.4. The quantitative estimate of drug-likeness (QED) is 0.406. The first-order valence-electron chi connectivity index (χ1n) is 11.8. The molecule has 2 atom stereocenters. The normalized spacial score (nSPS) is 13.1. The van der Waals surface area contributed by atoms with Gasteiger partial charge in [-0.1, -0.05) is 52.7 Å². The number of sulfonamides is 1. The molecule has 0 aliphatic heterocycles. The lowest BCUT2D eigenvalue weighted by atomic mass is 10.1. The topological polar surface area (TPSA) is 86.8 Å². The Morgan fingerprint density at radius 3 is 2.31 bits per heavy atom. The molecule has 2 amide bonds. The van der Waals surface area contributed by atoms with Crippen LogP contribution in [0.1, 0.15) is 51.2 Å². The summed E-state index contributed by atoms with van der Waals surface area (Å²) in [7, 11) is -3.51. The zero-order valence-corrected chi connectivity index (χ0v) is 23.5. The zero-order valence-electron chi connectivity index (χ0n) is 21.1. The standard InChI is InChI=1S/C26H36BrN3O4S/c1-6-20(3)28-26(32)21(4)29(18-22-9-7-10-23(27)17-22)25(31)11-8-16-30(35(5,33)34)24-14-12-19(2)13-15-24/h7,9-10,12-15,17,20-21H,6,8,11,16,18H2,1-5H3,(H,28,32). The van der Waals surface area contributed by atoms with E-state index in [1.165, 1.54) is 4.31 Å². The number of aryl methyl sites for hydroxylation is 1. The number of carbonyl (C=O) groups excluding carboxylic acids is 2. The van der Waals surface area contributed by atoms with Crippen LogP contribution in [0.4, 0.5) is 5.69 Å². The predicted molar refractivity (Wildman–Crippen MR) is 145 cm³/mol. The first-order chi connectivity index (χ1) is 16.4. The van der Waals surface area contributed by atoms with Crippen LogP contribution < -0.4 is 9.62 Å². The number of nitrogens with zero attached hydrogens (tertiary/aromatic N) is 2. The number of anilines is 1. The third-order valence-electron chi connectivity index (χ3n) is 5.88. The van der Waals surface area contributed by atoms with Crippen molar-refractivity contribution in [1.29, 1.82) is 0 Å². The van der Waals surface area contributed by atoms with Crippen LogP contribution in [0.3, 0.4) is 0 Å². The Labute approximate surface area is 218 Å². The van der Waals surface area contributed by atoms with E-state index in [-0.39, 0.29) is 37.4 Å². The summed E-state index contributed by atoms with van der Waals surface area (Å²) >= 11 is 3.46. The molecule has 0 aliphatic carbocycles. The van der Waals surface area contributed by atoms with Gasteiger partial charge in [0.1, 0.15) is 6.04 Å². The van der Waals surface area contributed by atoms with Gasteiger partial charge in [0, 0.05) is 30.0 Å². The lowest BCUT2D eigenvalue weighted by Crippen LogP contribution is -2.49. The van der Waals surface area contributed by atoms with E-state index in [2.05, 4.69) is 21.2 Å². The Kier molecular flexibility index (Phi) is 10.8.